The van der Waals surface area contributed by atoms with Gasteiger partial charge in [0.2, 0.25) is 5.95 Å². The standard InChI is InChI=1S/C20H12F6N6/c21-19(22,23)18(20(24,25)26)5-4-13(3-2-12-9-29-17(27)30-10-12)14(8-18)15-16-28-6-1-7-32(16)11-31-15/h1,4,6-11H,5H2,(H2,27,29,30). The van der Waals surface area contributed by atoms with Gasteiger partial charge in [0.05, 0.1) is 5.56 Å². The number of aromatic nitrogens is 5. The van der Waals surface area contributed by atoms with Crippen molar-refractivity contribution in [1.82, 2.24) is 24.3 Å². The predicted molar refractivity (Wildman–Crippen MR) is 102 cm³/mol. The molecule has 0 spiro atoms. The Morgan fingerprint density at radius 3 is 2.31 bits per heavy atom. The minimum atomic E-state index is -5.60. The molecule has 0 radical (unpaired) electrons. The summed E-state index contributed by atoms with van der Waals surface area (Å²) in [6.07, 6.45) is -4.91. The van der Waals surface area contributed by atoms with Crippen LogP contribution in [-0.4, -0.2) is 36.7 Å². The SMILES string of the molecule is Nc1ncc(C#CC2=CCC(C(F)(F)F)(C(F)(F)F)C=C2c2ncn3cccnc23)cn1. The lowest BCUT2D eigenvalue weighted by Gasteiger charge is -2.36. The van der Waals surface area contributed by atoms with Gasteiger partial charge in [-0.25, -0.2) is 19.9 Å². The highest BCUT2D eigenvalue weighted by Gasteiger charge is 2.69. The monoisotopic (exact) mass is 450 g/mol. The van der Waals surface area contributed by atoms with E-state index in [0.29, 0.717) is 0 Å². The number of hydrogen-bond donors (Lipinski definition) is 1. The van der Waals surface area contributed by atoms with Gasteiger partial charge in [-0.05, 0) is 18.6 Å². The quantitative estimate of drug-likeness (QED) is 0.448. The van der Waals surface area contributed by atoms with E-state index < -0.39 is 29.8 Å². The minimum Gasteiger partial charge on any atom is -0.368 e. The molecule has 1 aliphatic carbocycles. The maximum atomic E-state index is 13.7. The Kier molecular flexibility index (Phi) is 4.92. The third kappa shape index (κ3) is 3.55. The Hall–Kier alpha value is -3.88. The molecule has 0 amide bonds. The first-order valence-electron chi connectivity index (χ1n) is 8.96. The van der Waals surface area contributed by atoms with Gasteiger partial charge < -0.3 is 5.73 Å². The van der Waals surface area contributed by atoms with Crippen molar-refractivity contribution in [3.05, 3.63) is 66.2 Å². The molecule has 0 atom stereocenters. The highest BCUT2D eigenvalue weighted by atomic mass is 19.4. The van der Waals surface area contributed by atoms with E-state index in [1.807, 2.05) is 0 Å². The highest BCUT2D eigenvalue weighted by molar-refractivity contribution is 5.89. The van der Waals surface area contributed by atoms with Crippen LogP contribution in [0, 0.1) is 17.3 Å². The molecule has 0 fully saturated rings. The second-order valence-electron chi connectivity index (χ2n) is 6.87. The normalized spacial score (nSPS) is 16.2. The number of halogens is 6. The van der Waals surface area contributed by atoms with E-state index in [-0.39, 0.29) is 34.5 Å². The molecule has 0 unspecified atom stereocenters. The molecule has 0 saturated heterocycles. The van der Waals surface area contributed by atoms with Crippen molar-refractivity contribution >= 4 is 17.2 Å². The van der Waals surface area contributed by atoms with Gasteiger partial charge in [-0.2, -0.15) is 26.3 Å². The third-order valence-electron chi connectivity index (χ3n) is 4.89. The molecule has 0 bridgehead atoms. The molecule has 2 N–H and O–H groups in total. The number of nitrogens with zero attached hydrogens (tertiary/aromatic N) is 5. The van der Waals surface area contributed by atoms with E-state index in [2.05, 4.69) is 31.8 Å². The van der Waals surface area contributed by atoms with E-state index in [1.165, 1.54) is 35.5 Å². The zero-order valence-corrected chi connectivity index (χ0v) is 15.9. The summed E-state index contributed by atoms with van der Waals surface area (Å²) in [5, 5.41) is 0. The Morgan fingerprint density at radius 1 is 0.969 bits per heavy atom. The zero-order chi connectivity index (χ0) is 23.1. The van der Waals surface area contributed by atoms with Crippen molar-refractivity contribution in [1.29, 1.82) is 0 Å². The molecule has 12 heteroatoms. The summed E-state index contributed by atoms with van der Waals surface area (Å²) >= 11 is 0. The Balaban J connectivity index is 1.91. The van der Waals surface area contributed by atoms with Crippen LogP contribution in [-0.2, 0) is 0 Å². The molecule has 4 rings (SSSR count). The Morgan fingerprint density at radius 2 is 1.66 bits per heavy atom. The average Bonchev–Trinajstić information content (AvgIpc) is 3.15. The number of anilines is 1. The highest BCUT2D eigenvalue weighted by Crippen LogP contribution is 2.57. The molecule has 6 nitrogen and oxygen atoms in total. The first-order valence-corrected chi connectivity index (χ1v) is 8.96. The molecule has 0 aliphatic heterocycles. The van der Waals surface area contributed by atoms with Crippen molar-refractivity contribution in [2.45, 2.75) is 18.8 Å². The molecule has 32 heavy (non-hydrogen) atoms. The van der Waals surface area contributed by atoms with E-state index >= 15 is 0 Å². The van der Waals surface area contributed by atoms with Gasteiger partial charge in [-0.3, -0.25) is 4.40 Å². The fraction of sp³-hybridized carbons (Fsp3) is 0.200. The van der Waals surface area contributed by atoms with Crippen LogP contribution in [0.15, 0.2) is 54.9 Å². The smallest absolute Gasteiger partial charge is 0.368 e. The van der Waals surface area contributed by atoms with Gasteiger partial charge in [0.1, 0.15) is 12.0 Å². The summed E-state index contributed by atoms with van der Waals surface area (Å²) in [6, 6.07) is 1.54. The molecule has 3 heterocycles. The summed E-state index contributed by atoms with van der Waals surface area (Å²) in [5.74, 6) is 5.23. The van der Waals surface area contributed by atoms with Crippen LogP contribution in [0.5, 0.6) is 0 Å². The van der Waals surface area contributed by atoms with Gasteiger partial charge in [0.15, 0.2) is 11.1 Å². The Labute approximate surface area is 176 Å². The third-order valence-corrected chi connectivity index (χ3v) is 4.89. The maximum absolute atomic E-state index is 13.7. The lowest BCUT2D eigenvalue weighted by Crippen LogP contribution is -2.49. The van der Waals surface area contributed by atoms with Crippen LogP contribution in [0.25, 0.3) is 11.2 Å². The van der Waals surface area contributed by atoms with Crippen LogP contribution in [0.2, 0.25) is 0 Å². The van der Waals surface area contributed by atoms with Crippen molar-refractivity contribution in [3.8, 4) is 11.8 Å². The van der Waals surface area contributed by atoms with E-state index in [1.54, 1.807) is 6.07 Å². The van der Waals surface area contributed by atoms with Crippen LogP contribution < -0.4 is 5.73 Å². The van der Waals surface area contributed by atoms with Gasteiger partial charge in [-0.15, -0.1) is 0 Å². The molecular formula is C20H12F6N6. The van der Waals surface area contributed by atoms with Crippen LogP contribution in [0.3, 0.4) is 0 Å². The number of imidazole rings is 1. The summed E-state index contributed by atoms with van der Waals surface area (Å²) in [4.78, 5) is 15.5. The largest absolute Gasteiger partial charge is 0.406 e. The van der Waals surface area contributed by atoms with Crippen molar-refractivity contribution < 1.29 is 26.3 Å². The van der Waals surface area contributed by atoms with Gasteiger partial charge in [-0.1, -0.05) is 17.9 Å². The molecule has 0 saturated carbocycles. The van der Waals surface area contributed by atoms with Gasteiger partial charge >= 0.3 is 12.4 Å². The molecule has 3 aromatic heterocycles. The zero-order valence-electron chi connectivity index (χ0n) is 15.9. The number of fused-ring (bicyclic) bond motifs is 1. The average molecular weight is 450 g/mol. The number of nitrogen functional groups attached to an aromatic ring is 1. The molecule has 3 aromatic rings. The topological polar surface area (TPSA) is 82.0 Å². The van der Waals surface area contributed by atoms with Crippen molar-refractivity contribution in [3.63, 3.8) is 0 Å². The summed E-state index contributed by atoms with van der Waals surface area (Å²) in [6.45, 7) is 0. The number of hydrogen-bond acceptors (Lipinski definition) is 5. The molecular weight excluding hydrogens is 438 g/mol. The molecule has 164 valence electrons. The van der Waals surface area contributed by atoms with E-state index in [4.69, 9.17) is 5.73 Å². The second kappa shape index (κ2) is 7.37. The van der Waals surface area contributed by atoms with Crippen LogP contribution in [0.4, 0.5) is 32.3 Å². The van der Waals surface area contributed by atoms with E-state index in [9.17, 15) is 26.3 Å². The van der Waals surface area contributed by atoms with Gasteiger partial charge in [0.25, 0.3) is 0 Å². The lowest BCUT2D eigenvalue weighted by molar-refractivity contribution is -0.320. The van der Waals surface area contributed by atoms with Gasteiger partial charge in [0, 0.05) is 35.9 Å². The minimum absolute atomic E-state index is 0.0105. The number of allylic oxidation sites excluding steroid dienone is 4. The fourth-order valence-corrected chi connectivity index (χ4v) is 3.19. The first-order chi connectivity index (χ1) is 15.0. The van der Waals surface area contributed by atoms with Crippen molar-refractivity contribution in [2.24, 2.45) is 5.41 Å². The predicted octanol–water partition coefficient (Wildman–Crippen LogP) is 3.98. The molecule has 0 aromatic carbocycles. The number of alkyl halides is 6. The summed E-state index contributed by atoms with van der Waals surface area (Å²) in [7, 11) is 0. The van der Waals surface area contributed by atoms with Crippen LogP contribution in [0.1, 0.15) is 17.7 Å². The Bertz CT molecular complexity index is 1270. The van der Waals surface area contributed by atoms with Crippen LogP contribution >= 0.6 is 0 Å². The lowest BCUT2D eigenvalue weighted by atomic mass is 9.75. The maximum Gasteiger partial charge on any atom is 0.406 e. The number of nitrogens with two attached hydrogens (primary N) is 1. The molecule has 1 aliphatic rings. The second-order valence-corrected chi connectivity index (χ2v) is 6.87. The first kappa shape index (κ1) is 21.4. The van der Waals surface area contributed by atoms with E-state index in [0.717, 1.165) is 6.08 Å². The number of rotatable bonds is 1. The summed E-state index contributed by atoms with van der Waals surface area (Å²) in [5.41, 5.74) is 1.03. The fourth-order valence-electron chi connectivity index (χ4n) is 3.19. The van der Waals surface area contributed by atoms with Crippen molar-refractivity contribution in [2.75, 3.05) is 5.73 Å². The summed E-state index contributed by atoms with van der Waals surface area (Å²) < 4.78 is 83.8.